The zero-order valence-corrected chi connectivity index (χ0v) is 11.6. The van der Waals surface area contributed by atoms with Crippen molar-refractivity contribution in [1.82, 2.24) is 10.3 Å². The van der Waals surface area contributed by atoms with Crippen LogP contribution in [0.25, 0.3) is 10.2 Å². The summed E-state index contributed by atoms with van der Waals surface area (Å²) in [6, 6.07) is 8.16. The molecule has 0 saturated carbocycles. The zero-order chi connectivity index (χ0) is 11.7. The van der Waals surface area contributed by atoms with Crippen molar-refractivity contribution in [2.45, 2.75) is 4.93 Å². The number of fused-ring (bicyclic) bond motifs is 1. The van der Waals surface area contributed by atoms with Gasteiger partial charge in [0.05, 0.1) is 16.8 Å². The van der Waals surface area contributed by atoms with Gasteiger partial charge in [-0.3, -0.25) is 0 Å². The topological polar surface area (TPSA) is 34.2 Å². The van der Waals surface area contributed by atoms with Gasteiger partial charge in [0, 0.05) is 13.1 Å². The minimum Gasteiger partial charge on any atom is -0.354 e. The van der Waals surface area contributed by atoms with Crippen LogP contribution in [-0.4, -0.2) is 24.7 Å². The van der Waals surface area contributed by atoms with Crippen LogP contribution in [0.15, 0.2) is 24.3 Å². The molecule has 2 heterocycles. The van der Waals surface area contributed by atoms with E-state index in [0.29, 0.717) is 6.61 Å². The van der Waals surface area contributed by atoms with Crippen molar-refractivity contribution >= 4 is 44.0 Å². The van der Waals surface area contributed by atoms with Gasteiger partial charge in [0.1, 0.15) is 5.01 Å². The van der Waals surface area contributed by atoms with Crippen molar-refractivity contribution in [2.75, 3.05) is 19.7 Å². The molecule has 1 atom stereocenters. The standard InChI is InChI=1S/C11H12N2OS3/c15-17-11(7-12-5-6-14-11)10-13-8-3-1-2-4-9(8)16-10/h1-4,12,15H,5-7H2. The zero-order valence-electron chi connectivity index (χ0n) is 9.05. The number of thiol groups is 1. The van der Waals surface area contributed by atoms with E-state index in [-0.39, 0.29) is 0 Å². The molecule has 17 heavy (non-hydrogen) atoms. The smallest absolute Gasteiger partial charge is 0.187 e. The summed E-state index contributed by atoms with van der Waals surface area (Å²) in [7, 11) is 1.42. The number of aromatic nitrogens is 1. The van der Waals surface area contributed by atoms with Crippen LogP contribution in [0.3, 0.4) is 0 Å². The van der Waals surface area contributed by atoms with E-state index in [1.165, 1.54) is 15.5 Å². The lowest BCUT2D eigenvalue weighted by molar-refractivity contribution is 0.000194. The first-order valence-electron chi connectivity index (χ1n) is 5.37. The van der Waals surface area contributed by atoms with Gasteiger partial charge in [-0.1, -0.05) is 22.9 Å². The molecule has 0 bridgehead atoms. The predicted molar refractivity (Wildman–Crippen MR) is 76.7 cm³/mol. The van der Waals surface area contributed by atoms with Gasteiger partial charge in [-0.05, 0) is 12.1 Å². The number of thiazole rings is 1. The summed E-state index contributed by atoms with van der Waals surface area (Å²) in [6.07, 6.45) is 0. The number of hydrogen-bond acceptors (Lipinski definition) is 6. The Hall–Kier alpha value is -0.270. The third-order valence-corrected chi connectivity index (χ3v) is 5.68. The van der Waals surface area contributed by atoms with Crippen LogP contribution in [0.4, 0.5) is 0 Å². The maximum Gasteiger partial charge on any atom is 0.187 e. The first-order valence-corrected chi connectivity index (χ1v) is 8.06. The van der Waals surface area contributed by atoms with Crippen molar-refractivity contribution in [1.29, 1.82) is 0 Å². The number of nitrogens with zero attached hydrogens (tertiary/aromatic N) is 1. The van der Waals surface area contributed by atoms with Gasteiger partial charge in [0.15, 0.2) is 4.93 Å². The second kappa shape index (κ2) is 4.78. The molecule has 1 unspecified atom stereocenters. The van der Waals surface area contributed by atoms with E-state index >= 15 is 0 Å². The van der Waals surface area contributed by atoms with Crippen LogP contribution in [0.2, 0.25) is 0 Å². The van der Waals surface area contributed by atoms with E-state index in [1.807, 2.05) is 18.2 Å². The highest BCUT2D eigenvalue weighted by molar-refractivity contribution is 8.68. The quantitative estimate of drug-likeness (QED) is 0.656. The van der Waals surface area contributed by atoms with Gasteiger partial charge >= 0.3 is 0 Å². The van der Waals surface area contributed by atoms with Crippen LogP contribution in [0.1, 0.15) is 5.01 Å². The minimum atomic E-state index is -0.439. The van der Waals surface area contributed by atoms with E-state index in [1.54, 1.807) is 11.3 Å². The highest BCUT2D eigenvalue weighted by atomic mass is 33.1. The second-order valence-electron chi connectivity index (χ2n) is 3.86. The Morgan fingerprint density at radius 1 is 1.47 bits per heavy atom. The van der Waals surface area contributed by atoms with Crippen molar-refractivity contribution in [3.8, 4) is 0 Å². The summed E-state index contributed by atoms with van der Waals surface area (Å²) >= 11 is 6.04. The van der Waals surface area contributed by atoms with Crippen LogP contribution < -0.4 is 5.32 Å². The molecule has 6 heteroatoms. The fourth-order valence-corrected chi connectivity index (χ4v) is 4.34. The fourth-order valence-electron chi connectivity index (χ4n) is 1.86. The number of benzene rings is 1. The van der Waals surface area contributed by atoms with E-state index in [2.05, 4.69) is 28.0 Å². The predicted octanol–water partition coefficient (Wildman–Crippen LogP) is 2.65. The number of ether oxygens (including phenoxy) is 1. The molecule has 1 aromatic carbocycles. The van der Waals surface area contributed by atoms with E-state index < -0.39 is 4.93 Å². The van der Waals surface area contributed by atoms with Crippen LogP contribution in [0.5, 0.6) is 0 Å². The van der Waals surface area contributed by atoms with Gasteiger partial charge in [-0.25, -0.2) is 4.98 Å². The van der Waals surface area contributed by atoms with Gasteiger partial charge in [0.25, 0.3) is 0 Å². The molecule has 1 aliphatic heterocycles. The fraction of sp³-hybridized carbons (Fsp3) is 0.364. The number of para-hydroxylation sites is 1. The van der Waals surface area contributed by atoms with Crippen LogP contribution in [-0.2, 0) is 9.67 Å². The lowest BCUT2D eigenvalue weighted by Gasteiger charge is -2.33. The number of hydrogen-bond donors (Lipinski definition) is 2. The molecular formula is C11H12N2OS3. The molecule has 90 valence electrons. The molecule has 2 aromatic rings. The maximum absolute atomic E-state index is 5.90. The SMILES string of the molecule is SSC1(c2nc3ccccc3s2)CNCCO1. The first kappa shape index (κ1) is 11.8. The minimum absolute atomic E-state index is 0.439. The lowest BCUT2D eigenvalue weighted by atomic mass is 10.3. The van der Waals surface area contributed by atoms with Gasteiger partial charge in [-0.15, -0.1) is 23.0 Å². The highest BCUT2D eigenvalue weighted by Crippen LogP contribution is 2.43. The number of morpholine rings is 1. The third kappa shape index (κ3) is 2.08. The Morgan fingerprint density at radius 3 is 3.06 bits per heavy atom. The monoisotopic (exact) mass is 284 g/mol. The average Bonchev–Trinajstić information content (AvgIpc) is 2.84. The van der Waals surface area contributed by atoms with E-state index in [9.17, 15) is 0 Å². The molecule has 3 rings (SSSR count). The summed E-state index contributed by atoms with van der Waals surface area (Å²) in [5.74, 6) is 0. The Bertz CT molecular complexity index is 489. The molecule has 0 radical (unpaired) electrons. The summed E-state index contributed by atoms with van der Waals surface area (Å²) in [5, 5.41) is 4.33. The molecule has 1 aromatic heterocycles. The normalized spacial score (nSPS) is 25.2. The van der Waals surface area contributed by atoms with Gasteiger partial charge < -0.3 is 10.1 Å². The number of rotatable bonds is 2. The van der Waals surface area contributed by atoms with Crippen molar-refractivity contribution in [2.24, 2.45) is 0 Å². The van der Waals surface area contributed by atoms with E-state index in [4.69, 9.17) is 4.74 Å². The molecule has 0 spiro atoms. The lowest BCUT2D eigenvalue weighted by Crippen LogP contribution is -2.44. The first-order chi connectivity index (χ1) is 8.34. The molecular weight excluding hydrogens is 272 g/mol. The molecule has 0 aliphatic carbocycles. The molecule has 0 amide bonds. The summed E-state index contributed by atoms with van der Waals surface area (Å²) < 4.78 is 7.10. The Kier molecular flexibility index (Phi) is 3.32. The summed E-state index contributed by atoms with van der Waals surface area (Å²) in [4.78, 5) is 4.22. The Balaban J connectivity index is 2.05. The molecule has 1 aliphatic rings. The van der Waals surface area contributed by atoms with Crippen molar-refractivity contribution in [3.63, 3.8) is 0 Å². The molecule has 1 saturated heterocycles. The Labute approximate surface area is 113 Å². The third-order valence-electron chi connectivity index (χ3n) is 2.74. The largest absolute Gasteiger partial charge is 0.354 e. The van der Waals surface area contributed by atoms with Gasteiger partial charge in [-0.2, -0.15) is 0 Å². The Morgan fingerprint density at radius 2 is 2.35 bits per heavy atom. The van der Waals surface area contributed by atoms with Crippen LogP contribution in [0, 0.1) is 0 Å². The van der Waals surface area contributed by atoms with E-state index in [0.717, 1.165) is 23.6 Å². The molecule has 1 fully saturated rings. The van der Waals surface area contributed by atoms with Crippen molar-refractivity contribution in [3.05, 3.63) is 29.3 Å². The summed E-state index contributed by atoms with van der Waals surface area (Å²) in [5.41, 5.74) is 1.03. The second-order valence-corrected chi connectivity index (χ2v) is 6.28. The summed E-state index contributed by atoms with van der Waals surface area (Å²) in [6.45, 7) is 2.34. The molecule has 1 N–H and O–H groups in total. The molecule has 3 nitrogen and oxygen atoms in total. The van der Waals surface area contributed by atoms with Gasteiger partial charge in [0.2, 0.25) is 0 Å². The highest BCUT2D eigenvalue weighted by Gasteiger charge is 2.38. The van der Waals surface area contributed by atoms with Crippen molar-refractivity contribution < 1.29 is 4.74 Å². The number of nitrogens with one attached hydrogen (secondary N) is 1. The average molecular weight is 284 g/mol. The van der Waals surface area contributed by atoms with Crippen LogP contribution >= 0.6 is 33.8 Å². The maximum atomic E-state index is 5.90.